The minimum Gasteiger partial charge on any atom is -0.339 e. The molecule has 28 heavy (non-hydrogen) atoms. The van der Waals surface area contributed by atoms with Crippen LogP contribution in [-0.2, 0) is 20.0 Å². The maximum Gasteiger partial charge on any atom is 0.254 e. The Balaban J connectivity index is 1.29. The van der Waals surface area contributed by atoms with Crippen molar-refractivity contribution in [3.05, 3.63) is 59.3 Å². The summed E-state index contributed by atoms with van der Waals surface area (Å²) in [6, 6.07) is 9.60. The molecule has 8 heteroatoms. The van der Waals surface area contributed by atoms with Crippen LogP contribution in [0.5, 0.6) is 0 Å². The highest BCUT2D eigenvalue weighted by molar-refractivity contribution is 5.94. The van der Waals surface area contributed by atoms with Gasteiger partial charge < -0.3 is 9.42 Å². The maximum absolute atomic E-state index is 12.9. The highest BCUT2D eigenvalue weighted by Gasteiger charge is 2.34. The van der Waals surface area contributed by atoms with E-state index in [0.29, 0.717) is 36.2 Å². The molecule has 8 nitrogen and oxygen atoms in total. The second kappa shape index (κ2) is 6.85. The van der Waals surface area contributed by atoms with E-state index in [9.17, 15) is 4.79 Å². The minimum atomic E-state index is 0.0110. The second-order valence-electron chi connectivity index (χ2n) is 7.60. The van der Waals surface area contributed by atoms with E-state index in [4.69, 9.17) is 4.52 Å². The van der Waals surface area contributed by atoms with Gasteiger partial charge in [0.15, 0.2) is 11.6 Å². The number of carbonyl (C=O) groups excluding carboxylic acids is 1. The maximum atomic E-state index is 12.9. The van der Waals surface area contributed by atoms with E-state index in [1.807, 2.05) is 42.3 Å². The molecule has 5 rings (SSSR count). The van der Waals surface area contributed by atoms with E-state index in [-0.39, 0.29) is 11.9 Å². The number of aryl methyl sites for hydroxylation is 1. The van der Waals surface area contributed by atoms with Gasteiger partial charge in [-0.15, -0.1) is 0 Å². The number of hydrogen-bond donors (Lipinski definition) is 0. The molecule has 3 aromatic rings. The minimum absolute atomic E-state index is 0.0110. The zero-order valence-corrected chi connectivity index (χ0v) is 15.8. The van der Waals surface area contributed by atoms with Gasteiger partial charge >= 0.3 is 0 Å². The van der Waals surface area contributed by atoms with Gasteiger partial charge in [-0.1, -0.05) is 23.4 Å². The van der Waals surface area contributed by atoms with Gasteiger partial charge in [-0.3, -0.25) is 9.48 Å². The fourth-order valence-electron chi connectivity index (χ4n) is 3.32. The zero-order valence-electron chi connectivity index (χ0n) is 15.8. The summed E-state index contributed by atoms with van der Waals surface area (Å²) in [7, 11) is 1.89. The van der Waals surface area contributed by atoms with Gasteiger partial charge in [-0.25, -0.2) is 4.98 Å². The molecule has 1 amide bonds. The van der Waals surface area contributed by atoms with Gasteiger partial charge in [0.2, 0.25) is 5.89 Å². The lowest BCUT2D eigenvalue weighted by molar-refractivity contribution is 0.0724. The molecule has 2 heterocycles. The van der Waals surface area contributed by atoms with E-state index >= 15 is 0 Å². The third kappa shape index (κ3) is 3.54. The molecule has 0 bridgehead atoms. The number of rotatable bonds is 7. The first-order valence-electron chi connectivity index (χ1n) is 9.74. The molecule has 2 saturated carbocycles. The average molecular weight is 378 g/mol. The van der Waals surface area contributed by atoms with Crippen LogP contribution in [0.1, 0.15) is 65.3 Å². The van der Waals surface area contributed by atoms with E-state index in [1.165, 1.54) is 12.8 Å². The third-order valence-electron chi connectivity index (χ3n) is 5.21. The molecule has 0 radical (unpaired) electrons. The lowest BCUT2D eigenvalue weighted by Crippen LogP contribution is -2.33. The van der Waals surface area contributed by atoms with Crippen molar-refractivity contribution in [2.75, 3.05) is 0 Å². The Bertz CT molecular complexity index is 987. The largest absolute Gasteiger partial charge is 0.339 e. The summed E-state index contributed by atoms with van der Waals surface area (Å²) in [4.78, 5) is 23.8. The number of amides is 1. The van der Waals surface area contributed by atoms with Crippen LogP contribution in [-0.4, -0.2) is 41.8 Å². The van der Waals surface area contributed by atoms with Crippen LogP contribution in [0.3, 0.4) is 0 Å². The Kier molecular flexibility index (Phi) is 4.18. The standard InChI is InChI=1S/C20H22N6O2/c1-25-17(22-19(23-25)13-7-8-13)11-18-21-16(24-28-18)12-26(15-9-10-15)20(27)14-5-3-2-4-6-14/h2-6,13,15H,7-12H2,1H3. The van der Waals surface area contributed by atoms with Crippen LogP contribution in [0.2, 0.25) is 0 Å². The predicted molar refractivity (Wildman–Crippen MR) is 99.4 cm³/mol. The summed E-state index contributed by atoms with van der Waals surface area (Å²) in [5.74, 6) is 3.26. The number of aromatic nitrogens is 5. The van der Waals surface area contributed by atoms with Crippen molar-refractivity contribution >= 4 is 5.91 Å². The summed E-state index contributed by atoms with van der Waals surface area (Å²) >= 11 is 0. The Morgan fingerprint density at radius 2 is 1.96 bits per heavy atom. The van der Waals surface area contributed by atoms with Gasteiger partial charge in [0.25, 0.3) is 5.91 Å². The lowest BCUT2D eigenvalue weighted by atomic mass is 10.2. The van der Waals surface area contributed by atoms with E-state index in [1.54, 1.807) is 4.68 Å². The van der Waals surface area contributed by atoms with Gasteiger partial charge in [0, 0.05) is 24.6 Å². The molecule has 2 aliphatic carbocycles. The Morgan fingerprint density at radius 3 is 2.68 bits per heavy atom. The SMILES string of the molecule is Cn1nc(C2CC2)nc1Cc1nc(CN(C(=O)c2ccccc2)C2CC2)no1. The number of hydrogen-bond acceptors (Lipinski definition) is 6. The van der Waals surface area contributed by atoms with Crippen molar-refractivity contribution in [1.82, 2.24) is 29.8 Å². The van der Waals surface area contributed by atoms with Gasteiger partial charge in [-0.2, -0.15) is 10.1 Å². The van der Waals surface area contributed by atoms with E-state index < -0.39 is 0 Å². The lowest BCUT2D eigenvalue weighted by Gasteiger charge is -2.20. The number of nitrogens with zero attached hydrogens (tertiary/aromatic N) is 6. The Labute approximate surface area is 162 Å². The fraction of sp³-hybridized carbons (Fsp3) is 0.450. The molecular weight excluding hydrogens is 356 g/mol. The molecule has 0 unspecified atom stereocenters. The highest BCUT2D eigenvalue weighted by Crippen LogP contribution is 2.38. The zero-order chi connectivity index (χ0) is 19.1. The molecule has 2 aromatic heterocycles. The first kappa shape index (κ1) is 17.1. The van der Waals surface area contributed by atoms with Gasteiger partial charge in [0.1, 0.15) is 5.82 Å². The first-order chi connectivity index (χ1) is 13.7. The molecule has 0 N–H and O–H groups in total. The molecule has 144 valence electrons. The Morgan fingerprint density at radius 1 is 1.18 bits per heavy atom. The third-order valence-corrected chi connectivity index (χ3v) is 5.21. The average Bonchev–Trinajstić information content (AvgIpc) is 3.64. The summed E-state index contributed by atoms with van der Waals surface area (Å²) in [5, 5.41) is 8.56. The molecule has 0 spiro atoms. The summed E-state index contributed by atoms with van der Waals surface area (Å²) < 4.78 is 7.20. The quantitative estimate of drug-likeness (QED) is 0.627. The molecule has 0 atom stereocenters. The smallest absolute Gasteiger partial charge is 0.254 e. The van der Waals surface area contributed by atoms with Crippen molar-refractivity contribution in [3.8, 4) is 0 Å². The fourth-order valence-corrected chi connectivity index (χ4v) is 3.32. The highest BCUT2D eigenvalue weighted by atomic mass is 16.5. The van der Waals surface area contributed by atoms with E-state index in [2.05, 4.69) is 20.2 Å². The molecule has 2 aliphatic rings. The van der Waals surface area contributed by atoms with Crippen LogP contribution < -0.4 is 0 Å². The summed E-state index contributed by atoms with van der Waals surface area (Å²) in [6.07, 6.45) is 4.82. The molecule has 0 saturated heterocycles. The van der Waals surface area contributed by atoms with Crippen LogP contribution in [0.25, 0.3) is 0 Å². The van der Waals surface area contributed by atoms with Crippen molar-refractivity contribution in [2.45, 2.75) is 50.6 Å². The molecule has 1 aromatic carbocycles. The predicted octanol–water partition coefficient (Wildman–Crippen LogP) is 2.47. The molecular formula is C20H22N6O2. The van der Waals surface area contributed by atoms with Crippen LogP contribution in [0.15, 0.2) is 34.9 Å². The topological polar surface area (TPSA) is 89.9 Å². The number of benzene rings is 1. The monoisotopic (exact) mass is 378 g/mol. The van der Waals surface area contributed by atoms with Crippen LogP contribution in [0, 0.1) is 0 Å². The van der Waals surface area contributed by atoms with Gasteiger partial charge in [-0.05, 0) is 37.8 Å². The normalized spacial score (nSPS) is 16.3. The first-order valence-corrected chi connectivity index (χ1v) is 9.74. The second-order valence-corrected chi connectivity index (χ2v) is 7.60. The van der Waals surface area contributed by atoms with E-state index in [0.717, 1.165) is 24.5 Å². The van der Waals surface area contributed by atoms with Crippen molar-refractivity contribution < 1.29 is 9.32 Å². The number of carbonyl (C=O) groups is 1. The molecule has 2 fully saturated rings. The van der Waals surface area contributed by atoms with Crippen LogP contribution in [0.4, 0.5) is 0 Å². The van der Waals surface area contributed by atoms with Gasteiger partial charge in [0.05, 0.1) is 13.0 Å². The summed E-state index contributed by atoms with van der Waals surface area (Å²) in [6.45, 7) is 0.355. The Hall–Kier alpha value is -3.03. The van der Waals surface area contributed by atoms with Crippen molar-refractivity contribution in [2.24, 2.45) is 7.05 Å². The summed E-state index contributed by atoms with van der Waals surface area (Å²) in [5.41, 5.74) is 0.685. The molecule has 0 aliphatic heterocycles. The van der Waals surface area contributed by atoms with Crippen molar-refractivity contribution in [1.29, 1.82) is 0 Å². The van der Waals surface area contributed by atoms with Crippen LogP contribution >= 0.6 is 0 Å². The van der Waals surface area contributed by atoms with Crippen molar-refractivity contribution in [3.63, 3.8) is 0 Å².